The van der Waals surface area contributed by atoms with E-state index < -0.39 is 0 Å². The monoisotopic (exact) mass is 384 g/mol. The average molecular weight is 384 g/mol. The first-order chi connectivity index (χ1) is 13.6. The molecule has 1 N–H and O–H groups in total. The number of nitrogens with zero attached hydrogens (tertiary/aromatic N) is 1. The van der Waals surface area contributed by atoms with Crippen LogP contribution in [0.15, 0.2) is 18.2 Å². The first-order valence-corrected chi connectivity index (χ1v) is 10.5. The van der Waals surface area contributed by atoms with Gasteiger partial charge in [0.15, 0.2) is 12.4 Å². The maximum Gasteiger partial charge on any atom is 0.262 e. The molecule has 0 bridgehead atoms. The van der Waals surface area contributed by atoms with Crippen LogP contribution in [-0.4, -0.2) is 42.2 Å². The normalized spacial score (nSPS) is 20.9. The molecular formula is C22H28N2O4. The second-order valence-electron chi connectivity index (χ2n) is 8.28. The Kier molecular flexibility index (Phi) is 5.64. The third-order valence-electron chi connectivity index (χ3n) is 6.30. The van der Waals surface area contributed by atoms with Crippen LogP contribution in [0.1, 0.15) is 61.7 Å². The number of piperidine rings is 1. The van der Waals surface area contributed by atoms with E-state index in [1.54, 1.807) is 18.2 Å². The maximum absolute atomic E-state index is 12.9. The number of likely N-dealkylation sites (tertiary alicyclic amines) is 1. The Hall–Kier alpha value is -2.37. The van der Waals surface area contributed by atoms with Crippen molar-refractivity contribution in [2.45, 2.75) is 51.4 Å². The Morgan fingerprint density at radius 1 is 1.07 bits per heavy atom. The summed E-state index contributed by atoms with van der Waals surface area (Å²) in [6, 6.07) is 5.21. The van der Waals surface area contributed by atoms with E-state index in [4.69, 9.17) is 4.74 Å². The summed E-state index contributed by atoms with van der Waals surface area (Å²) in [7, 11) is 0. The zero-order chi connectivity index (χ0) is 19.5. The number of nitrogens with one attached hydrogen (secondary N) is 1. The molecule has 0 spiro atoms. The highest BCUT2D eigenvalue weighted by Crippen LogP contribution is 2.31. The van der Waals surface area contributed by atoms with Gasteiger partial charge in [0.2, 0.25) is 5.91 Å². The summed E-state index contributed by atoms with van der Waals surface area (Å²) in [5.74, 6) is 1.21. The summed E-state index contributed by atoms with van der Waals surface area (Å²) in [6.07, 6.45) is 8.24. The lowest BCUT2D eigenvalue weighted by Crippen LogP contribution is -2.41. The number of benzene rings is 1. The molecule has 2 amide bonds. The maximum atomic E-state index is 12.9. The summed E-state index contributed by atoms with van der Waals surface area (Å²) < 4.78 is 5.35. The molecule has 0 atom stereocenters. The smallest absolute Gasteiger partial charge is 0.262 e. The van der Waals surface area contributed by atoms with Gasteiger partial charge in [-0.15, -0.1) is 0 Å². The van der Waals surface area contributed by atoms with Crippen molar-refractivity contribution in [2.75, 3.05) is 25.0 Å². The molecular weight excluding hydrogens is 356 g/mol. The summed E-state index contributed by atoms with van der Waals surface area (Å²) in [4.78, 5) is 38.9. The third kappa shape index (κ3) is 4.21. The molecule has 2 fully saturated rings. The Balaban J connectivity index is 1.32. The van der Waals surface area contributed by atoms with Crippen molar-refractivity contribution in [3.05, 3.63) is 23.8 Å². The van der Waals surface area contributed by atoms with Crippen molar-refractivity contribution in [1.29, 1.82) is 0 Å². The van der Waals surface area contributed by atoms with Crippen LogP contribution in [0.25, 0.3) is 0 Å². The van der Waals surface area contributed by atoms with Crippen LogP contribution in [0.4, 0.5) is 5.69 Å². The SMILES string of the molecule is O=C1COc2ccc(C(=O)C3CCN(C(=O)CC4CCCCC4)CC3)cc2N1. The molecule has 28 heavy (non-hydrogen) atoms. The van der Waals surface area contributed by atoms with Crippen molar-refractivity contribution in [3.8, 4) is 5.75 Å². The van der Waals surface area contributed by atoms with Crippen molar-refractivity contribution in [3.63, 3.8) is 0 Å². The van der Waals surface area contributed by atoms with E-state index in [0.717, 1.165) is 0 Å². The van der Waals surface area contributed by atoms with E-state index in [1.165, 1.54) is 32.1 Å². The second-order valence-corrected chi connectivity index (χ2v) is 8.28. The number of amides is 2. The fourth-order valence-corrected chi connectivity index (χ4v) is 4.63. The van der Waals surface area contributed by atoms with Crippen molar-refractivity contribution < 1.29 is 19.1 Å². The van der Waals surface area contributed by atoms with Gasteiger partial charge in [0.1, 0.15) is 5.75 Å². The number of carbonyl (C=O) groups is 3. The summed E-state index contributed by atoms with van der Waals surface area (Å²) in [6.45, 7) is 1.33. The highest BCUT2D eigenvalue weighted by molar-refractivity contribution is 6.01. The van der Waals surface area contributed by atoms with Crippen LogP contribution in [0.5, 0.6) is 5.75 Å². The van der Waals surface area contributed by atoms with Gasteiger partial charge in [-0.25, -0.2) is 0 Å². The van der Waals surface area contributed by atoms with Crippen molar-refractivity contribution in [1.82, 2.24) is 4.90 Å². The summed E-state index contributed by atoms with van der Waals surface area (Å²) >= 11 is 0. The van der Waals surface area contributed by atoms with Crippen LogP contribution in [0, 0.1) is 11.8 Å². The largest absolute Gasteiger partial charge is 0.482 e. The Bertz CT molecular complexity index is 762. The van der Waals surface area contributed by atoms with Gasteiger partial charge in [-0.1, -0.05) is 19.3 Å². The quantitative estimate of drug-likeness (QED) is 0.807. The minimum atomic E-state index is -0.207. The number of hydrogen-bond donors (Lipinski definition) is 1. The lowest BCUT2D eigenvalue weighted by molar-refractivity contribution is -0.133. The van der Waals surface area contributed by atoms with E-state index in [2.05, 4.69) is 5.32 Å². The summed E-state index contributed by atoms with van der Waals surface area (Å²) in [5, 5.41) is 2.75. The van der Waals surface area contributed by atoms with E-state index in [1.807, 2.05) is 4.90 Å². The average Bonchev–Trinajstić information content (AvgIpc) is 2.73. The molecule has 1 aromatic rings. The number of carbonyl (C=O) groups excluding carboxylic acids is 3. The van der Waals surface area contributed by atoms with Crippen LogP contribution >= 0.6 is 0 Å². The van der Waals surface area contributed by atoms with E-state index >= 15 is 0 Å². The van der Waals surface area contributed by atoms with Crippen molar-refractivity contribution >= 4 is 23.3 Å². The number of hydrogen-bond acceptors (Lipinski definition) is 4. The molecule has 1 aromatic carbocycles. The zero-order valence-electron chi connectivity index (χ0n) is 16.2. The second kappa shape index (κ2) is 8.33. The molecule has 1 saturated heterocycles. The van der Waals surface area contributed by atoms with Gasteiger partial charge < -0.3 is 15.0 Å². The first-order valence-electron chi connectivity index (χ1n) is 10.5. The molecule has 6 nitrogen and oxygen atoms in total. The minimum Gasteiger partial charge on any atom is -0.482 e. The van der Waals surface area contributed by atoms with Gasteiger partial charge in [-0.3, -0.25) is 14.4 Å². The minimum absolute atomic E-state index is 0.00758. The third-order valence-corrected chi connectivity index (χ3v) is 6.30. The molecule has 0 unspecified atom stereocenters. The van der Waals surface area contributed by atoms with Crippen LogP contribution < -0.4 is 10.1 Å². The molecule has 2 heterocycles. The van der Waals surface area contributed by atoms with Gasteiger partial charge in [-0.2, -0.15) is 0 Å². The van der Waals surface area contributed by atoms with E-state index in [-0.39, 0.29) is 30.1 Å². The highest BCUT2D eigenvalue weighted by Gasteiger charge is 2.30. The number of anilines is 1. The topological polar surface area (TPSA) is 75.7 Å². The molecule has 150 valence electrons. The standard InChI is InChI=1S/C22H28N2O4/c25-20-14-28-19-7-6-17(13-18(19)23-20)22(27)16-8-10-24(11-9-16)21(26)12-15-4-2-1-3-5-15/h6-7,13,15-16H,1-5,8-12,14H2,(H,23,25). The molecule has 3 aliphatic rings. The van der Waals surface area contributed by atoms with Crippen molar-refractivity contribution in [2.24, 2.45) is 11.8 Å². The molecule has 0 aromatic heterocycles. The van der Waals surface area contributed by atoms with Crippen LogP contribution in [0.3, 0.4) is 0 Å². The van der Waals surface area contributed by atoms with Crippen LogP contribution in [-0.2, 0) is 9.59 Å². The predicted molar refractivity (Wildman–Crippen MR) is 105 cm³/mol. The zero-order valence-corrected chi connectivity index (χ0v) is 16.2. The van der Waals surface area contributed by atoms with Gasteiger partial charge >= 0.3 is 0 Å². The summed E-state index contributed by atoms with van der Waals surface area (Å²) in [5.41, 5.74) is 1.15. The number of rotatable bonds is 4. The van der Waals surface area contributed by atoms with Gasteiger partial charge in [0.05, 0.1) is 5.69 Å². The van der Waals surface area contributed by atoms with Gasteiger partial charge in [-0.05, 0) is 49.8 Å². The molecule has 4 rings (SSSR count). The van der Waals surface area contributed by atoms with E-state index in [0.29, 0.717) is 55.3 Å². The fraction of sp³-hybridized carbons (Fsp3) is 0.591. The Morgan fingerprint density at radius 2 is 1.82 bits per heavy atom. The lowest BCUT2D eigenvalue weighted by atomic mass is 9.85. The Labute approximate surface area is 165 Å². The van der Waals surface area contributed by atoms with Gasteiger partial charge in [0.25, 0.3) is 5.91 Å². The molecule has 2 aliphatic heterocycles. The Morgan fingerprint density at radius 3 is 2.57 bits per heavy atom. The predicted octanol–water partition coefficient (Wildman–Crippen LogP) is 3.41. The molecule has 1 saturated carbocycles. The molecule has 6 heteroatoms. The number of ketones is 1. The number of ether oxygens (including phenoxy) is 1. The number of fused-ring (bicyclic) bond motifs is 1. The fourth-order valence-electron chi connectivity index (χ4n) is 4.63. The lowest BCUT2D eigenvalue weighted by Gasteiger charge is -2.33. The highest BCUT2D eigenvalue weighted by atomic mass is 16.5. The van der Waals surface area contributed by atoms with E-state index in [9.17, 15) is 14.4 Å². The first kappa shape index (κ1) is 19.0. The number of Topliss-reactive ketones (excluding diaryl/α,β-unsaturated/α-hetero) is 1. The van der Waals surface area contributed by atoms with Gasteiger partial charge in [0, 0.05) is 31.0 Å². The van der Waals surface area contributed by atoms with Crippen LogP contribution in [0.2, 0.25) is 0 Å². The molecule has 1 aliphatic carbocycles. The molecule has 0 radical (unpaired) electrons.